The molecule has 0 bridgehead atoms. The van der Waals surface area contributed by atoms with Crippen molar-refractivity contribution in [1.29, 1.82) is 0 Å². The molecular weight excluding hydrogens is 270 g/mol. The number of nitrogens with two attached hydrogens (primary N) is 1. The summed E-state index contributed by atoms with van der Waals surface area (Å²) >= 11 is 6.12. The molecule has 2 unspecified atom stereocenters. The predicted octanol–water partition coefficient (Wildman–Crippen LogP) is 4.01. The first-order valence-corrected chi connectivity index (χ1v) is 8.05. The first-order valence-electron chi connectivity index (χ1n) is 7.67. The molecule has 0 radical (unpaired) electrons. The van der Waals surface area contributed by atoms with Crippen LogP contribution in [0.2, 0.25) is 5.02 Å². The van der Waals surface area contributed by atoms with Crippen LogP contribution in [0.3, 0.4) is 0 Å². The van der Waals surface area contributed by atoms with Gasteiger partial charge in [-0.2, -0.15) is 0 Å². The van der Waals surface area contributed by atoms with E-state index in [1.54, 1.807) is 0 Å². The molecule has 106 valence electrons. The molecule has 0 aliphatic heterocycles. The highest BCUT2D eigenvalue weighted by atomic mass is 35.5. The molecule has 2 aliphatic carbocycles. The third-order valence-corrected chi connectivity index (χ3v) is 4.98. The molecule has 1 heterocycles. The van der Waals surface area contributed by atoms with E-state index in [1.807, 2.05) is 12.1 Å². The highest BCUT2D eigenvalue weighted by molar-refractivity contribution is 6.31. The van der Waals surface area contributed by atoms with E-state index in [0.29, 0.717) is 12.0 Å². The van der Waals surface area contributed by atoms with Gasteiger partial charge in [-0.3, -0.25) is 0 Å². The summed E-state index contributed by atoms with van der Waals surface area (Å²) in [5.41, 5.74) is 8.62. The summed E-state index contributed by atoms with van der Waals surface area (Å²) in [6.07, 6.45) is 7.36. The summed E-state index contributed by atoms with van der Waals surface area (Å²) in [6, 6.07) is 6.95. The van der Waals surface area contributed by atoms with Gasteiger partial charge in [-0.1, -0.05) is 24.4 Å². The third-order valence-electron chi connectivity index (χ3n) is 4.74. The van der Waals surface area contributed by atoms with Gasteiger partial charge in [-0.15, -0.1) is 0 Å². The van der Waals surface area contributed by atoms with Crippen molar-refractivity contribution in [1.82, 2.24) is 9.55 Å². The van der Waals surface area contributed by atoms with Crippen molar-refractivity contribution >= 4 is 22.6 Å². The molecule has 1 aromatic carbocycles. The van der Waals surface area contributed by atoms with Crippen LogP contribution in [-0.2, 0) is 0 Å². The maximum Gasteiger partial charge on any atom is 0.114 e. The number of nitrogens with zero attached hydrogens (tertiary/aromatic N) is 2. The van der Waals surface area contributed by atoms with Gasteiger partial charge in [0.15, 0.2) is 0 Å². The summed E-state index contributed by atoms with van der Waals surface area (Å²) in [5, 5.41) is 0.762. The van der Waals surface area contributed by atoms with E-state index in [9.17, 15) is 0 Å². The Morgan fingerprint density at radius 2 is 1.95 bits per heavy atom. The third kappa shape index (κ3) is 2.04. The average molecular weight is 290 g/mol. The van der Waals surface area contributed by atoms with Gasteiger partial charge in [0.25, 0.3) is 0 Å². The summed E-state index contributed by atoms with van der Waals surface area (Å²) in [5.74, 6) is 1.62. The van der Waals surface area contributed by atoms with Crippen molar-refractivity contribution in [2.24, 2.45) is 5.73 Å². The van der Waals surface area contributed by atoms with Crippen molar-refractivity contribution in [2.45, 2.75) is 56.5 Å². The lowest BCUT2D eigenvalue weighted by Gasteiger charge is -2.28. The van der Waals surface area contributed by atoms with Crippen molar-refractivity contribution in [2.75, 3.05) is 0 Å². The minimum atomic E-state index is 0.258. The van der Waals surface area contributed by atoms with Crippen LogP contribution in [0.15, 0.2) is 18.2 Å². The molecule has 0 amide bonds. The van der Waals surface area contributed by atoms with E-state index in [1.165, 1.54) is 43.4 Å². The molecule has 4 rings (SSSR count). The van der Waals surface area contributed by atoms with Crippen LogP contribution in [0.5, 0.6) is 0 Å². The topological polar surface area (TPSA) is 43.8 Å². The molecule has 1 aromatic heterocycles. The van der Waals surface area contributed by atoms with E-state index in [-0.39, 0.29) is 6.04 Å². The SMILES string of the molecule is NC1CCCCC1c1nc2cc(Cl)ccc2n1C1CC1. The second kappa shape index (κ2) is 4.74. The molecule has 4 heteroatoms. The predicted molar refractivity (Wildman–Crippen MR) is 82.2 cm³/mol. The maximum atomic E-state index is 6.37. The van der Waals surface area contributed by atoms with E-state index in [4.69, 9.17) is 22.3 Å². The molecule has 3 nitrogen and oxygen atoms in total. The largest absolute Gasteiger partial charge is 0.327 e. The zero-order valence-corrected chi connectivity index (χ0v) is 12.3. The molecule has 20 heavy (non-hydrogen) atoms. The van der Waals surface area contributed by atoms with Crippen LogP contribution < -0.4 is 5.73 Å². The average Bonchev–Trinajstić information content (AvgIpc) is 3.20. The molecule has 2 N–H and O–H groups in total. The van der Waals surface area contributed by atoms with Gasteiger partial charge in [0.1, 0.15) is 5.82 Å². The zero-order chi connectivity index (χ0) is 13.7. The van der Waals surface area contributed by atoms with Crippen molar-refractivity contribution < 1.29 is 0 Å². The lowest BCUT2D eigenvalue weighted by atomic mass is 9.84. The number of benzene rings is 1. The number of rotatable bonds is 2. The second-order valence-corrected chi connectivity index (χ2v) is 6.70. The minimum Gasteiger partial charge on any atom is -0.327 e. The molecule has 2 aromatic rings. The second-order valence-electron chi connectivity index (χ2n) is 6.26. The van der Waals surface area contributed by atoms with Crippen LogP contribution in [0.1, 0.15) is 56.3 Å². The number of halogens is 1. The lowest BCUT2D eigenvalue weighted by molar-refractivity contribution is 0.365. The number of fused-ring (bicyclic) bond motifs is 1. The Bertz CT molecular complexity index is 644. The fourth-order valence-electron chi connectivity index (χ4n) is 3.55. The molecular formula is C16H20ClN3. The summed E-state index contributed by atoms with van der Waals surface area (Å²) < 4.78 is 2.45. The van der Waals surface area contributed by atoms with Crippen LogP contribution in [0.25, 0.3) is 11.0 Å². The van der Waals surface area contributed by atoms with E-state index >= 15 is 0 Å². The van der Waals surface area contributed by atoms with Crippen molar-refractivity contribution in [3.05, 3.63) is 29.0 Å². The lowest BCUT2D eigenvalue weighted by Crippen LogP contribution is -2.33. The normalized spacial score (nSPS) is 27.1. The highest BCUT2D eigenvalue weighted by Gasteiger charge is 2.34. The Morgan fingerprint density at radius 3 is 2.70 bits per heavy atom. The van der Waals surface area contributed by atoms with E-state index in [2.05, 4.69) is 10.6 Å². The molecule has 0 saturated heterocycles. The fraction of sp³-hybridized carbons (Fsp3) is 0.562. The van der Waals surface area contributed by atoms with Gasteiger partial charge in [-0.05, 0) is 43.9 Å². The van der Waals surface area contributed by atoms with Gasteiger partial charge in [0.05, 0.1) is 11.0 Å². The van der Waals surface area contributed by atoms with Crippen LogP contribution in [-0.4, -0.2) is 15.6 Å². The standard InChI is InChI=1S/C16H20ClN3/c17-10-5-8-15-14(9-10)19-16(20(15)11-6-7-11)12-3-1-2-4-13(12)18/h5,8-9,11-13H,1-4,6-7,18H2. The number of imidazole rings is 1. The first kappa shape index (κ1) is 12.7. The number of hydrogen-bond donors (Lipinski definition) is 1. The van der Waals surface area contributed by atoms with Gasteiger partial charge in [-0.25, -0.2) is 4.98 Å². The molecule has 2 fully saturated rings. The Labute approximate surface area is 124 Å². The molecule has 2 atom stereocenters. The Balaban J connectivity index is 1.86. The van der Waals surface area contributed by atoms with Crippen LogP contribution in [0, 0.1) is 0 Å². The Morgan fingerprint density at radius 1 is 1.15 bits per heavy atom. The molecule has 2 aliphatic rings. The first-order chi connectivity index (χ1) is 9.74. The quantitative estimate of drug-likeness (QED) is 0.908. The van der Waals surface area contributed by atoms with Gasteiger partial charge >= 0.3 is 0 Å². The van der Waals surface area contributed by atoms with Gasteiger partial charge in [0, 0.05) is 23.0 Å². The fourth-order valence-corrected chi connectivity index (χ4v) is 3.72. The molecule has 0 spiro atoms. The minimum absolute atomic E-state index is 0.258. The van der Waals surface area contributed by atoms with Gasteiger partial charge < -0.3 is 10.3 Å². The van der Waals surface area contributed by atoms with E-state index in [0.717, 1.165) is 17.0 Å². The van der Waals surface area contributed by atoms with Crippen LogP contribution >= 0.6 is 11.6 Å². The smallest absolute Gasteiger partial charge is 0.114 e. The van der Waals surface area contributed by atoms with Crippen molar-refractivity contribution in [3.63, 3.8) is 0 Å². The Kier molecular flexibility index (Phi) is 3.00. The number of aromatic nitrogens is 2. The summed E-state index contributed by atoms with van der Waals surface area (Å²) in [7, 11) is 0. The summed E-state index contributed by atoms with van der Waals surface area (Å²) in [4.78, 5) is 4.91. The van der Waals surface area contributed by atoms with E-state index < -0.39 is 0 Å². The van der Waals surface area contributed by atoms with Crippen LogP contribution in [0.4, 0.5) is 0 Å². The number of hydrogen-bond acceptors (Lipinski definition) is 2. The molecule has 2 saturated carbocycles. The zero-order valence-electron chi connectivity index (χ0n) is 11.6. The maximum absolute atomic E-state index is 6.37. The Hall–Kier alpha value is -1.06. The van der Waals surface area contributed by atoms with Crippen molar-refractivity contribution in [3.8, 4) is 0 Å². The monoisotopic (exact) mass is 289 g/mol. The highest BCUT2D eigenvalue weighted by Crippen LogP contribution is 2.42. The van der Waals surface area contributed by atoms with Gasteiger partial charge in [0.2, 0.25) is 0 Å². The summed E-state index contributed by atoms with van der Waals surface area (Å²) in [6.45, 7) is 0.